The van der Waals surface area contributed by atoms with E-state index in [9.17, 15) is 9.59 Å². The van der Waals surface area contributed by atoms with E-state index in [0.717, 1.165) is 17.9 Å². The number of amides is 2. The van der Waals surface area contributed by atoms with Crippen LogP contribution in [0.1, 0.15) is 43.6 Å². The van der Waals surface area contributed by atoms with Crippen molar-refractivity contribution in [3.8, 4) is 0 Å². The summed E-state index contributed by atoms with van der Waals surface area (Å²) >= 11 is 1.51. The Morgan fingerprint density at radius 3 is 2.39 bits per heavy atom. The maximum Gasteiger partial charge on any atom is 0.251 e. The van der Waals surface area contributed by atoms with Crippen LogP contribution in [0, 0.1) is 0 Å². The zero-order valence-corrected chi connectivity index (χ0v) is 14.8. The van der Waals surface area contributed by atoms with Gasteiger partial charge in [-0.1, -0.05) is 44.7 Å². The third-order valence-electron chi connectivity index (χ3n) is 3.57. The van der Waals surface area contributed by atoms with Crippen molar-refractivity contribution in [3.63, 3.8) is 0 Å². The topological polar surface area (TPSA) is 70.6 Å². The summed E-state index contributed by atoms with van der Waals surface area (Å²) in [5, 5.41) is 6.07. The van der Waals surface area contributed by atoms with Crippen LogP contribution >= 0.6 is 11.8 Å². The minimum atomic E-state index is -0.617. The number of amidine groups is 1. The van der Waals surface area contributed by atoms with Crippen LogP contribution in [0.3, 0.4) is 0 Å². The fourth-order valence-corrected chi connectivity index (χ4v) is 2.82. The fourth-order valence-electron chi connectivity index (χ4n) is 2.09. The van der Waals surface area contributed by atoms with Crippen LogP contribution in [0.5, 0.6) is 0 Å². The molecular formula is C17H23N3O2S. The quantitative estimate of drug-likeness (QED) is 0.892. The zero-order valence-electron chi connectivity index (χ0n) is 14.0. The average Bonchev–Trinajstić information content (AvgIpc) is 2.99. The number of carbonyl (C=O) groups is 2. The number of benzene rings is 1. The number of hydrogen-bond donors (Lipinski definition) is 2. The molecule has 1 atom stereocenters. The van der Waals surface area contributed by atoms with Crippen LogP contribution in [0.4, 0.5) is 0 Å². The molecule has 0 radical (unpaired) electrons. The van der Waals surface area contributed by atoms with Gasteiger partial charge in [0.25, 0.3) is 5.91 Å². The highest BCUT2D eigenvalue weighted by molar-refractivity contribution is 8.14. The molecule has 0 fully saturated rings. The smallest absolute Gasteiger partial charge is 0.251 e. The molecule has 0 unspecified atom stereocenters. The summed E-state index contributed by atoms with van der Waals surface area (Å²) in [6.45, 7) is 8.76. The lowest BCUT2D eigenvalue weighted by Crippen LogP contribution is -2.45. The highest BCUT2D eigenvalue weighted by Crippen LogP contribution is 2.22. The SMILES string of the molecule is C[C@@H](NC(=O)c1ccc(C(C)(C)C)cc1)C(=O)NC1=NCCS1. The molecule has 1 heterocycles. The Kier molecular flexibility index (Phi) is 5.46. The van der Waals surface area contributed by atoms with Gasteiger partial charge in [0.15, 0.2) is 5.17 Å². The van der Waals surface area contributed by atoms with Gasteiger partial charge < -0.3 is 10.6 Å². The molecule has 5 nitrogen and oxygen atoms in total. The molecule has 0 aliphatic carbocycles. The predicted octanol–water partition coefficient (Wildman–Crippen LogP) is 2.32. The molecule has 0 aromatic heterocycles. The maximum absolute atomic E-state index is 12.2. The minimum absolute atomic E-state index is 0.0435. The molecule has 1 aromatic rings. The molecule has 1 aromatic carbocycles. The second kappa shape index (κ2) is 7.17. The standard InChI is InChI=1S/C17H23N3O2S/c1-11(14(21)20-16-18-9-10-23-16)19-15(22)12-5-7-13(8-6-12)17(2,3)4/h5-8,11H,9-10H2,1-4H3,(H,19,22)(H,18,20,21)/t11-/m1/s1. The lowest BCUT2D eigenvalue weighted by Gasteiger charge is -2.19. The lowest BCUT2D eigenvalue weighted by atomic mass is 9.86. The number of hydrogen-bond acceptors (Lipinski definition) is 4. The van der Waals surface area contributed by atoms with Gasteiger partial charge in [-0.25, -0.2) is 0 Å². The van der Waals surface area contributed by atoms with Gasteiger partial charge in [0.2, 0.25) is 5.91 Å². The Labute approximate surface area is 141 Å². The largest absolute Gasteiger partial charge is 0.341 e. The van der Waals surface area contributed by atoms with Crippen molar-refractivity contribution >= 4 is 28.7 Å². The first kappa shape index (κ1) is 17.5. The fraction of sp³-hybridized carbons (Fsp3) is 0.471. The Hall–Kier alpha value is -1.82. The monoisotopic (exact) mass is 333 g/mol. The minimum Gasteiger partial charge on any atom is -0.341 e. The van der Waals surface area contributed by atoms with Gasteiger partial charge in [0, 0.05) is 11.3 Å². The van der Waals surface area contributed by atoms with Crippen molar-refractivity contribution in [2.24, 2.45) is 4.99 Å². The molecule has 2 rings (SSSR count). The molecular weight excluding hydrogens is 310 g/mol. The summed E-state index contributed by atoms with van der Waals surface area (Å²) in [5.74, 6) is 0.378. The molecule has 23 heavy (non-hydrogen) atoms. The van der Waals surface area contributed by atoms with Gasteiger partial charge in [-0.3, -0.25) is 14.6 Å². The maximum atomic E-state index is 12.2. The van der Waals surface area contributed by atoms with Crippen molar-refractivity contribution < 1.29 is 9.59 Å². The Morgan fingerprint density at radius 2 is 1.87 bits per heavy atom. The summed E-state index contributed by atoms with van der Waals surface area (Å²) in [5.41, 5.74) is 1.75. The van der Waals surface area contributed by atoms with Gasteiger partial charge in [0.05, 0.1) is 6.54 Å². The Balaban J connectivity index is 1.93. The van der Waals surface area contributed by atoms with E-state index in [4.69, 9.17) is 0 Å². The second-order valence-electron chi connectivity index (χ2n) is 6.55. The normalized spacial score (nSPS) is 15.7. The molecule has 0 saturated heterocycles. The molecule has 0 saturated carbocycles. The van der Waals surface area contributed by atoms with Gasteiger partial charge >= 0.3 is 0 Å². The van der Waals surface area contributed by atoms with Gasteiger partial charge in [-0.05, 0) is 30.0 Å². The van der Waals surface area contributed by atoms with Crippen molar-refractivity contribution in [3.05, 3.63) is 35.4 Å². The van der Waals surface area contributed by atoms with E-state index in [1.807, 2.05) is 12.1 Å². The van der Waals surface area contributed by atoms with E-state index in [2.05, 4.69) is 36.4 Å². The second-order valence-corrected chi connectivity index (χ2v) is 7.63. The highest BCUT2D eigenvalue weighted by atomic mass is 32.2. The third kappa shape index (κ3) is 4.82. The summed E-state index contributed by atoms with van der Waals surface area (Å²) in [6.07, 6.45) is 0. The van der Waals surface area contributed by atoms with E-state index >= 15 is 0 Å². The summed E-state index contributed by atoms with van der Waals surface area (Å²) < 4.78 is 0. The highest BCUT2D eigenvalue weighted by Gasteiger charge is 2.20. The van der Waals surface area contributed by atoms with Crippen molar-refractivity contribution in [1.82, 2.24) is 10.6 Å². The molecule has 0 spiro atoms. The van der Waals surface area contributed by atoms with E-state index < -0.39 is 6.04 Å². The first-order valence-corrected chi connectivity index (χ1v) is 8.65. The number of thioether (sulfide) groups is 1. The van der Waals surface area contributed by atoms with Crippen LogP contribution < -0.4 is 10.6 Å². The van der Waals surface area contributed by atoms with Crippen LogP contribution in [0.2, 0.25) is 0 Å². The van der Waals surface area contributed by atoms with Crippen molar-refractivity contribution in [1.29, 1.82) is 0 Å². The Bertz CT molecular complexity index is 618. The van der Waals surface area contributed by atoms with Gasteiger partial charge in [0.1, 0.15) is 6.04 Å². The van der Waals surface area contributed by atoms with Crippen LogP contribution in [-0.2, 0) is 10.2 Å². The summed E-state index contributed by atoms with van der Waals surface area (Å²) in [4.78, 5) is 28.4. The first-order valence-electron chi connectivity index (χ1n) is 7.67. The van der Waals surface area contributed by atoms with Gasteiger partial charge in [-0.15, -0.1) is 0 Å². The van der Waals surface area contributed by atoms with Crippen LogP contribution in [-0.4, -0.2) is 35.3 Å². The number of aliphatic imine (C=N–C) groups is 1. The lowest BCUT2D eigenvalue weighted by molar-refractivity contribution is -0.121. The average molecular weight is 333 g/mol. The summed E-state index contributed by atoms with van der Waals surface area (Å²) in [6, 6.07) is 6.86. The van der Waals surface area contributed by atoms with Crippen LogP contribution in [0.25, 0.3) is 0 Å². The molecule has 124 valence electrons. The van der Waals surface area contributed by atoms with Gasteiger partial charge in [-0.2, -0.15) is 0 Å². The molecule has 1 aliphatic heterocycles. The molecule has 2 amide bonds. The zero-order chi connectivity index (χ0) is 17.0. The molecule has 2 N–H and O–H groups in total. The Morgan fingerprint density at radius 1 is 1.22 bits per heavy atom. The first-order chi connectivity index (χ1) is 10.8. The number of rotatable bonds is 3. The van der Waals surface area contributed by atoms with Crippen molar-refractivity contribution in [2.75, 3.05) is 12.3 Å². The van der Waals surface area contributed by atoms with E-state index in [-0.39, 0.29) is 17.2 Å². The predicted molar refractivity (Wildman–Crippen MR) is 95.0 cm³/mol. The number of nitrogens with zero attached hydrogens (tertiary/aromatic N) is 1. The van der Waals surface area contributed by atoms with Crippen LogP contribution in [0.15, 0.2) is 29.3 Å². The number of carbonyl (C=O) groups excluding carboxylic acids is 2. The van der Waals surface area contributed by atoms with E-state index in [0.29, 0.717) is 10.7 Å². The third-order valence-corrected chi connectivity index (χ3v) is 4.46. The van der Waals surface area contributed by atoms with E-state index in [1.54, 1.807) is 19.1 Å². The van der Waals surface area contributed by atoms with Crippen molar-refractivity contribution in [2.45, 2.75) is 39.2 Å². The molecule has 0 bridgehead atoms. The molecule has 1 aliphatic rings. The summed E-state index contributed by atoms with van der Waals surface area (Å²) in [7, 11) is 0. The van der Waals surface area contributed by atoms with E-state index in [1.165, 1.54) is 11.8 Å². The number of nitrogens with one attached hydrogen (secondary N) is 2. The molecule has 6 heteroatoms.